The first-order chi connectivity index (χ1) is 16.0. The van der Waals surface area contributed by atoms with Crippen molar-refractivity contribution in [1.82, 2.24) is 4.98 Å². The molecule has 0 spiro atoms. The smallest absolute Gasteiger partial charge is 0.416 e. The fraction of sp³-hybridized carbons (Fsp3) is 0.208. The summed E-state index contributed by atoms with van der Waals surface area (Å²) in [5, 5.41) is 11.4. The van der Waals surface area contributed by atoms with Gasteiger partial charge in [0, 0.05) is 5.69 Å². The molecule has 0 radical (unpaired) electrons. The maximum Gasteiger partial charge on any atom is 0.416 e. The lowest BCUT2D eigenvalue weighted by Gasteiger charge is -2.27. The number of hydrogen-bond donors (Lipinski definition) is 1. The quantitative estimate of drug-likeness (QED) is 0.475. The molecular weight excluding hydrogens is 469 g/mol. The molecule has 1 amide bonds. The largest absolute Gasteiger partial charge is 0.503 e. The lowest BCUT2D eigenvalue weighted by molar-refractivity contribution is -0.137. The van der Waals surface area contributed by atoms with Crippen molar-refractivity contribution in [2.24, 2.45) is 0 Å². The number of nitrogens with zero attached hydrogens (tertiary/aromatic N) is 2. The van der Waals surface area contributed by atoms with Gasteiger partial charge in [0.1, 0.15) is 5.75 Å². The lowest BCUT2D eigenvalue weighted by atomic mass is 9.94. The third-order valence-electron chi connectivity index (χ3n) is 5.45. The molecule has 0 saturated carbocycles. The highest BCUT2D eigenvalue weighted by Crippen LogP contribution is 2.44. The van der Waals surface area contributed by atoms with E-state index in [0.29, 0.717) is 22.0 Å². The summed E-state index contributed by atoms with van der Waals surface area (Å²) in [6.07, 6.45) is -4.64. The number of hydrogen-bond acceptors (Lipinski definition) is 6. The van der Waals surface area contributed by atoms with Crippen LogP contribution < -0.4 is 9.64 Å². The molecule has 2 heterocycles. The van der Waals surface area contributed by atoms with Crippen LogP contribution in [0.2, 0.25) is 0 Å². The predicted molar refractivity (Wildman–Crippen MR) is 120 cm³/mol. The minimum atomic E-state index is -4.64. The van der Waals surface area contributed by atoms with Crippen molar-refractivity contribution < 1.29 is 32.6 Å². The van der Waals surface area contributed by atoms with Crippen LogP contribution in [0.15, 0.2) is 59.9 Å². The molecule has 3 aromatic rings. The lowest BCUT2D eigenvalue weighted by Crippen LogP contribution is -2.31. The van der Waals surface area contributed by atoms with Crippen molar-refractivity contribution in [3.63, 3.8) is 0 Å². The summed E-state index contributed by atoms with van der Waals surface area (Å²) in [4.78, 5) is 32.2. The van der Waals surface area contributed by atoms with Gasteiger partial charge < -0.3 is 9.84 Å². The zero-order valence-corrected chi connectivity index (χ0v) is 19.1. The van der Waals surface area contributed by atoms with Crippen LogP contribution in [0.25, 0.3) is 0 Å². The molecule has 10 heteroatoms. The minimum Gasteiger partial charge on any atom is -0.503 e. The van der Waals surface area contributed by atoms with Gasteiger partial charge in [-0.05, 0) is 49.7 Å². The van der Waals surface area contributed by atoms with E-state index in [0.717, 1.165) is 28.4 Å². The first kappa shape index (κ1) is 23.5. The van der Waals surface area contributed by atoms with Crippen molar-refractivity contribution in [3.05, 3.63) is 86.6 Å². The van der Waals surface area contributed by atoms with Crippen LogP contribution in [0.5, 0.6) is 5.75 Å². The van der Waals surface area contributed by atoms with E-state index in [-0.39, 0.29) is 16.1 Å². The number of ether oxygens (including phenoxy) is 1. The third kappa shape index (κ3) is 4.05. The number of methoxy groups -OCH3 is 1. The summed E-state index contributed by atoms with van der Waals surface area (Å²) in [5.41, 5.74) is -0.435. The Hall–Kier alpha value is -3.66. The monoisotopic (exact) mass is 488 g/mol. The molecule has 1 atom stereocenters. The zero-order chi connectivity index (χ0) is 24.8. The molecule has 4 rings (SSSR count). The van der Waals surface area contributed by atoms with Crippen LogP contribution in [0.1, 0.15) is 37.5 Å². The average molecular weight is 488 g/mol. The van der Waals surface area contributed by atoms with E-state index in [9.17, 15) is 27.9 Å². The van der Waals surface area contributed by atoms with E-state index in [1.54, 1.807) is 38.1 Å². The van der Waals surface area contributed by atoms with Crippen molar-refractivity contribution in [3.8, 4) is 5.75 Å². The summed E-state index contributed by atoms with van der Waals surface area (Å²) < 4.78 is 45.3. The van der Waals surface area contributed by atoms with Gasteiger partial charge in [0.15, 0.2) is 5.76 Å². The van der Waals surface area contributed by atoms with Gasteiger partial charge >= 0.3 is 6.18 Å². The van der Waals surface area contributed by atoms with Gasteiger partial charge in [-0.15, -0.1) is 11.3 Å². The number of carbonyl (C=O) groups excluding carboxylic acids is 2. The first-order valence-corrected chi connectivity index (χ1v) is 10.9. The average Bonchev–Trinajstić information content (AvgIpc) is 3.28. The normalized spacial score (nSPS) is 16.4. The Kier molecular flexibility index (Phi) is 5.94. The number of Topliss-reactive ketones (excluding diaryl/α,β-unsaturated/α-hetero) is 1. The number of aliphatic hydroxyl groups is 1. The number of carbonyl (C=O) groups is 2. The fourth-order valence-corrected chi connectivity index (χ4v) is 4.78. The number of amides is 1. The summed E-state index contributed by atoms with van der Waals surface area (Å²) in [6.45, 7) is 3.36. The molecular formula is C24H19F3N2O4S. The van der Waals surface area contributed by atoms with Crippen molar-refractivity contribution in [1.29, 1.82) is 0 Å². The van der Waals surface area contributed by atoms with Gasteiger partial charge in [-0.2, -0.15) is 13.2 Å². The Balaban J connectivity index is 1.89. The number of benzene rings is 2. The van der Waals surface area contributed by atoms with Crippen molar-refractivity contribution in [2.45, 2.75) is 26.1 Å². The van der Waals surface area contributed by atoms with E-state index >= 15 is 0 Å². The van der Waals surface area contributed by atoms with Crippen LogP contribution in [0.3, 0.4) is 0 Å². The van der Waals surface area contributed by atoms with Crippen LogP contribution in [0, 0.1) is 13.8 Å². The second-order valence-corrected chi connectivity index (χ2v) is 8.84. The topological polar surface area (TPSA) is 79.7 Å². The van der Waals surface area contributed by atoms with Crippen molar-refractivity contribution >= 4 is 28.7 Å². The Morgan fingerprint density at radius 3 is 2.38 bits per heavy atom. The summed E-state index contributed by atoms with van der Waals surface area (Å²) in [5.74, 6) is -1.88. The number of rotatable bonds is 5. The van der Waals surface area contributed by atoms with Gasteiger partial charge in [0.05, 0.1) is 39.9 Å². The number of ketones is 1. The zero-order valence-electron chi connectivity index (χ0n) is 18.3. The minimum absolute atomic E-state index is 0.104. The van der Waals surface area contributed by atoms with E-state index in [4.69, 9.17) is 4.74 Å². The van der Waals surface area contributed by atoms with Crippen LogP contribution >= 0.6 is 11.3 Å². The fourth-order valence-electron chi connectivity index (χ4n) is 3.90. The van der Waals surface area contributed by atoms with Crippen molar-refractivity contribution in [2.75, 3.05) is 12.0 Å². The molecule has 1 aromatic heterocycles. The number of halogens is 3. The highest BCUT2D eigenvalue weighted by Gasteiger charge is 2.46. The second-order valence-electron chi connectivity index (χ2n) is 7.64. The molecule has 1 N–H and O–H groups in total. The number of anilines is 1. The molecule has 1 aliphatic rings. The molecule has 6 nitrogen and oxygen atoms in total. The number of aryl methyl sites for hydroxylation is 2. The summed E-state index contributed by atoms with van der Waals surface area (Å²) in [6, 6.07) is 9.43. The maximum atomic E-state index is 13.5. The predicted octanol–water partition coefficient (Wildman–Crippen LogP) is 5.57. The Morgan fingerprint density at radius 2 is 1.82 bits per heavy atom. The van der Waals surface area contributed by atoms with Gasteiger partial charge in [0.2, 0.25) is 5.78 Å². The van der Waals surface area contributed by atoms with Crippen LogP contribution in [0.4, 0.5) is 18.9 Å². The SMILES string of the molecule is COc1ccc(C2C(C(=O)c3sc(C)nc3C)=C(O)C(=O)N2c2cccc(C(F)(F)F)c2)cc1. The number of alkyl halides is 3. The number of aliphatic hydroxyl groups excluding tert-OH is 1. The second kappa shape index (κ2) is 8.60. The Morgan fingerprint density at radius 1 is 1.15 bits per heavy atom. The molecule has 0 bridgehead atoms. The van der Waals surface area contributed by atoms with Gasteiger partial charge in [-0.3, -0.25) is 14.5 Å². The van der Waals surface area contributed by atoms with E-state index < -0.39 is 35.2 Å². The highest BCUT2D eigenvalue weighted by atomic mass is 32.1. The van der Waals surface area contributed by atoms with E-state index in [1.165, 1.54) is 19.2 Å². The highest BCUT2D eigenvalue weighted by molar-refractivity contribution is 7.14. The maximum absolute atomic E-state index is 13.5. The standard InChI is InChI=1S/C24H19F3N2O4S/c1-12-22(34-13(2)28-12)20(30)18-19(14-7-9-17(33-3)10-8-14)29(23(32)21(18)31)16-6-4-5-15(11-16)24(25,26)27/h4-11,19,31H,1-3H3. The Bertz CT molecular complexity index is 1310. The van der Waals surface area contributed by atoms with Gasteiger partial charge in [-0.1, -0.05) is 18.2 Å². The molecule has 2 aromatic carbocycles. The number of aromatic nitrogens is 1. The van der Waals surface area contributed by atoms with Gasteiger partial charge in [-0.25, -0.2) is 4.98 Å². The summed E-state index contributed by atoms with van der Waals surface area (Å²) in [7, 11) is 1.47. The molecule has 176 valence electrons. The molecule has 1 unspecified atom stereocenters. The molecule has 1 aliphatic heterocycles. The summed E-state index contributed by atoms with van der Waals surface area (Å²) >= 11 is 1.11. The van der Waals surface area contributed by atoms with E-state index in [1.807, 2.05) is 0 Å². The van der Waals surface area contributed by atoms with E-state index in [2.05, 4.69) is 4.98 Å². The first-order valence-electron chi connectivity index (χ1n) is 10.1. The number of thiazole rings is 1. The molecule has 0 aliphatic carbocycles. The molecule has 0 fully saturated rings. The Labute approximate surface area is 196 Å². The molecule has 0 saturated heterocycles. The molecule has 34 heavy (non-hydrogen) atoms. The third-order valence-corrected chi connectivity index (χ3v) is 6.52. The van der Waals surface area contributed by atoms with Crippen LogP contribution in [-0.4, -0.2) is 28.9 Å². The van der Waals surface area contributed by atoms with Gasteiger partial charge in [0.25, 0.3) is 5.91 Å². The van der Waals surface area contributed by atoms with Crippen LogP contribution in [-0.2, 0) is 11.0 Å².